The van der Waals surface area contributed by atoms with Crippen LogP contribution in [0.1, 0.15) is 24.4 Å². The molecular weight excluding hydrogens is 212 g/mol. The lowest BCUT2D eigenvalue weighted by molar-refractivity contribution is 0.408. The molecule has 0 aromatic heterocycles. The van der Waals surface area contributed by atoms with Gasteiger partial charge in [-0.25, -0.2) is 0 Å². The fourth-order valence-electron chi connectivity index (χ4n) is 2.15. The van der Waals surface area contributed by atoms with Crippen LogP contribution >= 0.6 is 0 Å². The molecule has 2 N–H and O–H groups in total. The molecule has 0 aliphatic carbocycles. The Balaban J connectivity index is 2.05. The van der Waals surface area contributed by atoms with Gasteiger partial charge in [0.2, 0.25) is 0 Å². The van der Waals surface area contributed by atoms with Crippen molar-refractivity contribution in [3.05, 3.63) is 42.1 Å². The highest BCUT2D eigenvalue weighted by atomic mass is 16.5. The Bertz CT molecular complexity index is 384. The second-order valence-electron chi connectivity index (χ2n) is 4.35. The SMILES string of the molecule is COc1ccccc1C(N)/C=C/N1CCCC1. The minimum atomic E-state index is -0.105. The molecule has 2 rings (SSSR count). The number of nitrogens with zero attached hydrogens (tertiary/aromatic N) is 1. The Morgan fingerprint density at radius 2 is 2.00 bits per heavy atom. The van der Waals surface area contributed by atoms with Gasteiger partial charge < -0.3 is 15.4 Å². The molecule has 1 aliphatic rings. The second kappa shape index (κ2) is 5.73. The van der Waals surface area contributed by atoms with Crippen LogP contribution in [-0.2, 0) is 0 Å². The molecule has 1 heterocycles. The Morgan fingerprint density at radius 1 is 1.29 bits per heavy atom. The Hall–Kier alpha value is -1.48. The van der Waals surface area contributed by atoms with Crippen molar-refractivity contribution < 1.29 is 4.74 Å². The summed E-state index contributed by atoms with van der Waals surface area (Å²) < 4.78 is 5.31. The largest absolute Gasteiger partial charge is 0.496 e. The molecule has 0 amide bonds. The molecule has 0 saturated carbocycles. The Morgan fingerprint density at radius 3 is 2.71 bits per heavy atom. The van der Waals surface area contributed by atoms with Crippen molar-refractivity contribution in [3.63, 3.8) is 0 Å². The van der Waals surface area contributed by atoms with E-state index >= 15 is 0 Å². The highest BCUT2D eigenvalue weighted by Crippen LogP contribution is 2.24. The molecule has 92 valence electrons. The number of nitrogens with two attached hydrogens (primary N) is 1. The van der Waals surface area contributed by atoms with E-state index in [0.29, 0.717) is 0 Å². The molecular formula is C14H20N2O. The molecule has 0 spiro atoms. The minimum absolute atomic E-state index is 0.105. The normalized spacial score (nSPS) is 17.6. The van der Waals surface area contributed by atoms with Gasteiger partial charge in [0.1, 0.15) is 5.75 Å². The maximum absolute atomic E-state index is 6.16. The summed E-state index contributed by atoms with van der Waals surface area (Å²) in [7, 11) is 1.68. The summed E-state index contributed by atoms with van der Waals surface area (Å²) in [5, 5.41) is 0. The zero-order chi connectivity index (χ0) is 12.1. The molecule has 1 atom stereocenters. The molecule has 3 nitrogen and oxygen atoms in total. The molecule has 1 saturated heterocycles. The van der Waals surface area contributed by atoms with Crippen molar-refractivity contribution in [2.75, 3.05) is 20.2 Å². The van der Waals surface area contributed by atoms with Crippen molar-refractivity contribution in [1.82, 2.24) is 4.90 Å². The van der Waals surface area contributed by atoms with Crippen molar-refractivity contribution >= 4 is 0 Å². The lowest BCUT2D eigenvalue weighted by atomic mass is 10.1. The monoisotopic (exact) mass is 232 g/mol. The zero-order valence-corrected chi connectivity index (χ0v) is 10.3. The molecule has 0 bridgehead atoms. The third-order valence-electron chi connectivity index (χ3n) is 3.14. The maximum Gasteiger partial charge on any atom is 0.123 e. The summed E-state index contributed by atoms with van der Waals surface area (Å²) in [6.07, 6.45) is 6.73. The van der Waals surface area contributed by atoms with Crippen LogP contribution in [0.4, 0.5) is 0 Å². The van der Waals surface area contributed by atoms with E-state index in [0.717, 1.165) is 24.4 Å². The van der Waals surface area contributed by atoms with Gasteiger partial charge in [0.15, 0.2) is 0 Å². The summed E-state index contributed by atoms with van der Waals surface area (Å²) in [6, 6.07) is 7.80. The van der Waals surface area contributed by atoms with Crippen LogP contribution in [0.25, 0.3) is 0 Å². The average Bonchev–Trinajstić information content (AvgIpc) is 2.89. The van der Waals surface area contributed by atoms with E-state index in [9.17, 15) is 0 Å². The predicted octanol–water partition coefficient (Wildman–Crippen LogP) is 2.30. The van der Waals surface area contributed by atoms with Crippen molar-refractivity contribution in [2.24, 2.45) is 5.73 Å². The highest BCUT2D eigenvalue weighted by Gasteiger charge is 2.10. The van der Waals surface area contributed by atoms with Gasteiger partial charge in [-0.2, -0.15) is 0 Å². The Kier molecular flexibility index (Phi) is 4.04. The van der Waals surface area contributed by atoms with Crippen LogP contribution in [-0.4, -0.2) is 25.1 Å². The van der Waals surface area contributed by atoms with Gasteiger partial charge in [-0.05, 0) is 31.2 Å². The van der Waals surface area contributed by atoms with Crippen LogP contribution in [0.5, 0.6) is 5.75 Å². The van der Waals surface area contributed by atoms with Gasteiger partial charge in [-0.3, -0.25) is 0 Å². The summed E-state index contributed by atoms with van der Waals surface area (Å²) in [6.45, 7) is 2.30. The van der Waals surface area contributed by atoms with E-state index in [1.54, 1.807) is 7.11 Å². The van der Waals surface area contributed by atoms with Crippen LogP contribution in [0.3, 0.4) is 0 Å². The van der Waals surface area contributed by atoms with Crippen LogP contribution in [0.2, 0.25) is 0 Å². The molecule has 3 heteroatoms. The summed E-state index contributed by atoms with van der Waals surface area (Å²) in [5.74, 6) is 0.853. The predicted molar refractivity (Wildman–Crippen MR) is 69.9 cm³/mol. The lowest BCUT2D eigenvalue weighted by Gasteiger charge is -2.15. The Labute approximate surface area is 103 Å². The number of benzene rings is 1. The van der Waals surface area contributed by atoms with E-state index in [2.05, 4.69) is 11.1 Å². The zero-order valence-electron chi connectivity index (χ0n) is 10.3. The van der Waals surface area contributed by atoms with Crippen LogP contribution < -0.4 is 10.5 Å². The van der Waals surface area contributed by atoms with E-state index < -0.39 is 0 Å². The van der Waals surface area contributed by atoms with Crippen molar-refractivity contribution in [3.8, 4) is 5.75 Å². The van der Waals surface area contributed by atoms with Gasteiger partial charge >= 0.3 is 0 Å². The van der Waals surface area contributed by atoms with E-state index in [-0.39, 0.29) is 6.04 Å². The smallest absolute Gasteiger partial charge is 0.123 e. The van der Waals surface area contributed by atoms with Crippen molar-refractivity contribution in [2.45, 2.75) is 18.9 Å². The molecule has 1 fully saturated rings. The standard InChI is InChI=1S/C14H20N2O/c1-17-14-7-3-2-6-12(14)13(15)8-11-16-9-4-5-10-16/h2-3,6-8,11,13H,4-5,9-10,15H2,1H3/b11-8+. The number of rotatable bonds is 4. The molecule has 1 aliphatic heterocycles. The van der Waals surface area contributed by atoms with Crippen molar-refractivity contribution in [1.29, 1.82) is 0 Å². The fourth-order valence-corrected chi connectivity index (χ4v) is 2.15. The first-order valence-electron chi connectivity index (χ1n) is 6.12. The van der Waals surface area contributed by atoms with Crippen LogP contribution in [0.15, 0.2) is 36.5 Å². The molecule has 1 aromatic carbocycles. The van der Waals surface area contributed by atoms with E-state index in [4.69, 9.17) is 10.5 Å². The van der Waals surface area contributed by atoms with E-state index in [1.807, 2.05) is 30.3 Å². The van der Waals surface area contributed by atoms with Gasteiger partial charge in [-0.1, -0.05) is 18.2 Å². The number of ether oxygens (including phenoxy) is 1. The first-order valence-corrected chi connectivity index (χ1v) is 6.12. The molecule has 1 unspecified atom stereocenters. The number of hydrogen-bond donors (Lipinski definition) is 1. The van der Waals surface area contributed by atoms with Crippen LogP contribution in [0, 0.1) is 0 Å². The first kappa shape index (κ1) is 12.0. The van der Waals surface area contributed by atoms with Gasteiger partial charge in [-0.15, -0.1) is 0 Å². The number of para-hydroxylation sites is 1. The third-order valence-corrected chi connectivity index (χ3v) is 3.14. The number of methoxy groups -OCH3 is 1. The van der Waals surface area contributed by atoms with E-state index in [1.165, 1.54) is 12.8 Å². The van der Waals surface area contributed by atoms with Gasteiger partial charge in [0.05, 0.1) is 13.2 Å². The molecule has 1 aromatic rings. The summed E-state index contributed by atoms with van der Waals surface area (Å²) in [4.78, 5) is 2.31. The van der Waals surface area contributed by atoms with Gasteiger partial charge in [0, 0.05) is 18.7 Å². The molecule has 17 heavy (non-hydrogen) atoms. The topological polar surface area (TPSA) is 38.5 Å². The third kappa shape index (κ3) is 3.01. The number of hydrogen-bond acceptors (Lipinski definition) is 3. The molecule has 0 radical (unpaired) electrons. The summed E-state index contributed by atoms with van der Waals surface area (Å²) in [5.41, 5.74) is 7.19. The first-order chi connectivity index (χ1) is 8.31. The quantitative estimate of drug-likeness (QED) is 0.865. The fraction of sp³-hybridized carbons (Fsp3) is 0.429. The average molecular weight is 232 g/mol. The number of likely N-dealkylation sites (tertiary alicyclic amines) is 1. The van der Waals surface area contributed by atoms with Gasteiger partial charge in [0.25, 0.3) is 0 Å². The summed E-state index contributed by atoms with van der Waals surface area (Å²) >= 11 is 0. The maximum atomic E-state index is 6.16. The second-order valence-corrected chi connectivity index (χ2v) is 4.35. The lowest BCUT2D eigenvalue weighted by Crippen LogP contribution is -2.14. The highest BCUT2D eigenvalue weighted by molar-refractivity contribution is 5.37. The minimum Gasteiger partial charge on any atom is -0.496 e.